The number of non-ortho nitro benzene ring substituents is 1. The second kappa shape index (κ2) is 10.6. The predicted octanol–water partition coefficient (Wildman–Crippen LogP) is 3.26. The molecule has 11 heteroatoms. The zero-order chi connectivity index (χ0) is 24.7. The van der Waals surface area contributed by atoms with Crippen molar-refractivity contribution < 1.29 is 22.9 Å². The molecule has 10 nitrogen and oxygen atoms in total. The Morgan fingerprint density at radius 1 is 1.12 bits per heavy atom. The monoisotopic (exact) mass is 482 g/mol. The minimum atomic E-state index is -4.09. The number of nitrogens with zero attached hydrogens (tertiary/aromatic N) is 3. The molecule has 0 heterocycles. The summed E-state index contributed by atoms with van der Waals surface area (Å²) in [5.41, 5.74) is 3.78. The molecule has 1 N–H and O–H groups in total. The Balaban J connectivity index is 1.82. The summed E-state index contributed by atoms with van der Waals surface area (Å²) < 4.78 is 32.8. The summed E-state index contributed by atoms with van der Waals surface area (Å²) in [5.74, 6) is -0.201. The molecule has 3 aromatic carbocycles. The third-order valence-corrected chi connectivity index (χ3v) is 6.53. The normalized spacial score (nSPS) is 11.2. The highest BCUT2D eigenvalue weighted by atomic mass is 32.2. The number of aryl methyl sites for hydroxylation is 1. The summed E-state index contributed by atoms with van der Waals surface area (Å²) in [7, 11) is -2.62. The van der Waals surface area contributed by atoms with Crippen molar-refractivity contribution in [3.8, 4) is 5.75 Å². The molecule has 0 atom stereocenters. The largest absolute Gasteiger partial charge is 0.497 e. The van der Waals surface area contributed by atoms with Crippen LogP contribution in [0.25, 0.3) is 0 Å². The minimum absolute atomic E-state index is 0.0122. The van der Waals surface area contributed by atoms with E-state index in [1.807, 2.05) is 6.92 Å². The zero-order valence-electron chi connectivity index (χ0n) is 18.4. The standard InChI is InChI=1S/C23H22N4O6S/c1-17-6-8-19(9-7-17)26(34(31,32)22-12-10-21(33-2)11-13-22)16-23(28)25-24-15-18-4-3-5-20(14-18)27(29)30/h3-15H,16H2,1-2H3,(H,25,28)/b24-15-. The molecule has 176 valence electrons. The van der Waals surface area contributed by atoms with Crippen LogP contribution in [0.15, 0.2) is 82.8 Å². The molecule has 0 aliphatic carbocycles. The zero-order valence-corrected chi connectivity index (χ0v) is 19.2. The van der Waals surface area contributed by atoms with Crippen LogP contribution in [0.5, 0.6) is 5.75 Å². The quantitative estimate of drug-likeness (QED) is 0.283. The minimum Gasteiger partial charge on any atom is -0.497 e. The summed E-state index contributed by atoms with van der Waals surface area (Å²) in [6.07, 6.45) is 1.24. The predicted molar refractivity (Wildman–Crippen MR) is 128 cm³/mol. The highest BCUT2D eigenvalue weighted by molar-refractivity contribution is 7.92. The fourth-order valence-corrected chi connectivity index (χ4v) is 4.39. The van der Waals surface area contributed by atoms with E-state index in [1.165, 1.54) is 55.8 Å². The van der Waals surface area contributed by atoms with Gasteiger partial charge in [0.1, 0.15) is 12.3 Å². The lowest BCUT2D eigenvalue weighted by Gasteiger charge is -2.24. The number of benzene rings is 3. The molecular weight excluding hydrogens is 460 g/mol. The van der Waals surface area contributed by atoms with Crippen LogP contribution in [-0.4, -0.2) is 39.1 Å². The molecule has 0 bridgehead atoms. The van der Waals surface area contributed by atoms with E-state index < -0.39 is 27.4 Å². The van der Waals surface area contributed by atoms with E-state index >= 15 is 0 Å². The van der Waals surface area contributed by atoms with Crippen molar-refractivity contribution >= 4 is 33.5 Å². The smallest absolute Gasteiger partial charge is 0.270 e. The lowest BCUT2D eigenvalue weighted by molar-refractivity contribution is -0.384. The van der Waals surface area contributed by atoms with Gasteiger partial charge in [0.25, 0.3) is 21.6 Å². The Hall–Kier alpha value is -4.25. The lowest BCUT2D eigenvalue weighted by atomic mass is 10.2. The molecule has 1 amide bonds. The second-order valence-electron chi connectivity index (χ2n) is 7.17. The summed E-state index contributed by atoms with van der Waals surface area (Å²) in [6, 6.07) is 18.2. The van der Waals surface area contributed by atoms with E-state index in [0.29, 0.717) is 17.0 Å². The number of anilines is 1. The summed E-state index contributed by atoms with van der Waals surface area (Å²) in [5, 5.41) is 14.7. The topological polar surface area (TPSA) is 131 Å². The van der Waals surface area contributed by atoms with Gasteiger partial charge in [-0.25, -0.2) is 13.8 Å². The van der Waals surface area contributed by atoms with Crippen molar-refractivity contribution in [2.75, 3.05) is 18.0 Å². The average Bonchev–Trinajstić information content (AvgIpc) is 2.83. The molecule has 0 aliphatic heterocycles. The van der Waals surface area contributed by atoms with Crippen LogP contribution in [-0.2, 0) is 14.8 Å². The van der Waals surface area contributed by atoms with Gasteiger partial charge in [-0.2, -0.15) is 5.10 Å². The van der Waals surface area contributed by atoms with Gasteiger partial charge in [-0.15, -0.1) is 0 Å². The van der Waals surface area contributed by atoms with Crippen molar-refractivity contribution in [2.24, 2.45) is 5.10 Å². The number of sulfonamides is 1. The summed E-state index contributed by atoms with van der Waals surface area (Å²) in [4.78, 5) is 22.9. The number of hydrogen-bond donors (Lipinski definition) is 1. The third kappa shape index (κ3) is 5.95. The number of amides is 1. The van der Waals surface area contributed by atoms with Crippen LogP contribution in [0.2, 0.25) is 0 Å². The van der Waals surface area contributed by atoms with Crippen LogP contribution in [0, 0.1) is 17.0 Å². The van der Waals surface area contributed by atoms with Gasteiger partial charge in [-0.3, -0.25) is 19.2 Å². The molecule has 0 aromatic heterocycles. The maximum Gasteiger partial charge on any atom is 0.270 e. The SMILES string of the molecule is COc1ccc(S(=O)(=O)N(CC(=O)N/N=C\c2cccc([N+](=O)[O-])c2)c2ccc(C)cc2)cc1. The molecule has 0 saturated heterocycles. The van der Waals surface area contributed by atoms with E-state index in [-0.39, 0.29) is 10.6 Å². The van der Waals surface area contributed by atoms with E-state index in [4.69, 9.17) is 4.74 Å². The fraction of sp³-hybridized carbons (Fsp3) is 0.130. The lowest BCUT2D eigenvalue weighted by Crippen LogP contribution is -2.39. The number of rotatable bonds is 9. The van der Waals surface area contributed by atoms with E-state index in [1.54, 1.807) is 30.3 Å². The summed E-state index contributed by atoms with van der Waals surface area (Å²) >= 11 is 0. The van der Waals surface area contributed by atoms with E-state index in [0.717, 1.165) is 9.87 Å². The van der Waals surface area contributed by atoms with E-state index in [9.17, 15) is 23.3 Å². The highest BCUT2D eigenvalue weighted by Crippen LogP contribution is 2.25. The van der Waals surface area contributed by atoms with Gasteiger partial charge >= 0.3 is 0 Å². The number of nitrogens with one attached hydrogen (secondary N) is 1. The van der Waals surface area contributed by atoms with Gasteiger partial charge < -0.3 is 4.74 Å². The molecule has 0 unspecified atom stereocenters. The van der Waals surface area contributed by atoms with E-state index in [2.05, 4.69) is 10.5 Å². The van der Waals surface area contributed by atoms with Crippen molar-refractivity contribution in [2.45, 2.75) is 11.8 Å². The molecular formula is C23H22N4O6S. The van der Waals surface area contributed by atoms with Gasteiger partial charge in [-0.1, -0.05) is 29.8 Å². The number of nitro groups is 1. The molecule has 3 aromatic rings. The number of hydrazone groups is 1. The number of hydrogen-bond acceptors (Lipinski definition) is 7. The second-order valence-corrected chi connectivity index (χ2v) is 9.03. The molecule has 0 radical (unpaired) electrons. The number of ether oxygens (including phenoxy) is 1. The first-order valence-corrected chi connectivity index (χ1v) is 11.4. The van der Waals surface area contributed by atoms with Crippen molar-refractivity contribution in [3.05, 3.63) is 94.0 Å². The van der Waals surface area contributed by atoms with Gasteiger partial charge in [0.2, 0.25) is 0 Å². The third-order valence-electron chi connectivity index (χ3n) is 4.74. The Morgan fingerprint density at radius 3 is 2.41 bits per heavy atom. The Morgan fingerprint density at radius 2 is 1.79 bits per heavy atom. The van der Waals surface area contributed by atoms with Crippen molar-refractivity contribution in [3.63, 3.8) is 0 Å². The van der Waals surface area contributed by atoms with Crippen molar-refractivity contribution in [1.29, 1.82) is 0 Å². The fourth-order valence-electron chi connectivity index (χ4n) is 2.96. The molecule has 3 rings (SSSR count). The Labute approximate surface area is 196 Å². The number of carbonyl (C=O) groups is 1. The molecule has 0 saturated carbocycles. The number of methoxy groups -OCH3 is 1. The summed E-state index contributed by atoms with van der Waals surface area (Å²) in [6.45, 7) is 1.32. The first kappa shape index (κ1) is 24.4. The first-order valence-electron chi connectivity index (χ1n) is 10.0. The molecule has 0 aliphatic rings. The number of nitro benzene ring substituents is 1. The van der Waals surface area contributed by atoms with Crippen LogP contribution in [0.1, 0.15) is 11.1 Å². The van der Waals surface area contributed by atoms with Gasteiger partial charge in [0.15, 0.2) is 0 Å². The maximum absolute atomic E-state index is 13.4. The van der Waals surface area contributed by atoms with Gasteiger partial charge in [0, 0.05) is 17.7 Å². The van der Waals surface area contributed by atoms with Crippen molar-refractivity contribution in [1.82, 2.24) is 5.43 Å². The first-order chi connectivity index (χ1) is 16.2. The van der Waals surface area contributed by atoms with Crippen LogP contribution in [0.3, 0.4) is 0 Å². The Kier molecular flexibility index (Phi) is 7.59. The van der Waals surface area contributed by atoms with Crippen LogP contribution < -0.4 is 14.5 Å². The van der Waals surface area contributed by atoms with Crippen LogP contribution in [0.4, 0.5) is 11.4 Å². The molecule has 34 heavy (non-hydrogen) atoms. The number of carbonyl (C=O) groups excluding carboxylic acids is 1. The van der Waals surface area contributed by atoms with Gasteiger partial charge in [0.05, 0.1) is 28.8 Å². The molecule has 0 fully saturated rings. The Bertz CT molecular complexity index is 1310. The molecule has 0 spiro atoms. The average molecular weight is 483 g/mol. The highest BCUT2D eigenvalue weighted by Gasteiger charge is 2.27. The van der Waals surface area contributed by atoms with Gasteiger partial charge in [-0.05, 0) is 43.3 Å². The van der Waals surface area contributed by atoms with Crippen LogP contribution >= 0.6 is 0 Å². The maximum atomic E-state index is 13.4.